The first-order valence-corrected chi connectivity index (χ1v) is 7.53. The Morgan fingerprint density at radius 2 is 1.55 bits per heavy atom. The van der Waals surface area contributed by atoms with Gasteiger partial charge in [-0.2, -0.15) is 0 Å². The van der Waals surface area contributed by atoms with E-state index in [0.29, 0.717) is 5.75 Å². The van der Waals surface area contributed by atoms with E-state index in [2.05, 4.69) is 18.2 Å². The van der Waals surface area contributed by atoms with Crippen molar-refractivity contribution in [2.75, 3.05) is 0 Å². The van der Waals surface area contributed by atoms with Crippen molar-refractivity contribution < 1.29 is 19.0 Å². The molecule has 0 radical (unpaired) electrons. The minimum absolute atomic E-state index is 0.00218. The predicted molar refractivity (Wildman–Crippen MR) is 76.3 cm³/mol. The lowest BCUT2D eigenvalue weighted by Crippen LogP contribution is -2.12. The Morgan fingerprint density at radius 1 is 0.909 bits per heavy atom. The number of fused-ring (bicyclic) bond motifs is 6. The number of esters is 1. The number of hydrogen-bond donors (Lipinski definition) is 0. The molecule has 2 heterocycles. The van der Waals surface area contributed by atoms with Gasteiger partial charge in [0.05, 0.1) is 0 Å². The molecule has 4 nitrogen and oxygen atoms in total. The van der Waals surface area contributed by atoms with Crippen LogP contribution in [0.15, 0.2) is 30.3 Å². The highest BCUT2D eigenvalue weighted by Crippen LogP contribution is 2.69. The number of epoxide rings is 2. The zero-order chi connectivity index (χ0) is 14.6. The molecule has 4 atom stereocenters. The van der Waals surface area contributed by atoms with E-state index in [1.165, 1.54) is 34.7 Å². The third kappa shape index (κ3) is 1.20. The van der Waals surface area contributed by atoms with E-state index in [0.717, 1.165) is 5.56 Å². The lowest BCUT2D eigenvalue weighted by molar-refractivity contribution is -0.131. The van der Waals surface area contributed by atoms with Gasteiger partial charge in [-0.05, 0) is 33.9 Å². The van der Waals surface area contributed by atoms with E-state index in [-0.39, 0.29) is 30.4 Å². The predicted octanol–water partition coefficient (Wildman–Crippen LogP) is 3.53. The van der Waals surface area contributed by atoms with Gasteiger partial charge in [-0.15, -0.1) is 0 Å². The Balaban J connectivity index is 1.72. The van der Waals surface area contributed by atoms with Gasteiger partial charge in [0.1, 0.15) is 30.2 Å². The third-order valence-electron chi connectivity index (χ3n) is 5.06. The van der Waals surface area contributed by atoms with Crippen molar-refractivity contribution in [1.82, 2.24) is 0 Å². The van der Waals surface area contributed by atoms with Crippen LogP contribution in [0.5, 0.6) is 5.75 Å². The number of rotatable bonds is 1. The van der Waals surface area contributed by atoms with Gasteiger partial charge in [0.25, 0.3) is 0 Å². The van der Waals surface area contributed by atoms with Crippen molar-refractivity contribution in [3.8, 4) is 16.9 Å². The average Bonchev–Trinajstić information content (AvgIpc) is 3.39. The summed E-state index contributed by atoms with van der Waals surface area (Å²) >= 11 is 0. The van der Waals surface area contributed by atoms with Crippen molar-refractivity contribution >= 4 is 5.97 Å². The fourth-order valence-electron chi connectivity index (χ4n) is 4.17. The summed E-state index contributed by atoms with van der Waals surface area (Å²) in [6.07, 6.45) is 0.396. The molecule has 0 aromatic heterocycles. The highest BCUT2D eigenvalue weighted by molar-refractivity contribution is 5.87. The molecule has 2 fully saturated rings. The first-order valence-electron chi connectivity index (χ1n) is 7.53. The van der Waals surface area contributed by atoms with Crippen molar-refractivity contribution in [2.24, 2.45) is 0 Å². The largest absolute Gasteiger partial charge is 0.426 e. The third-order valence-corrected chi connectivity index (χ3v) is 5.06. The number of carbonyl (C=O) groups is 1. The molecule has 6 rings (SSSR count). The fraction of sp³-hybridized carbons (Fsp3) is 0.278. The normalized spacial score (nSPS) is 30.8. The Kier molecular flexibility index (Phi) is 1.77. The standard InChI is InChI=1S/C18H12O4/c1-7(19)20-11-6-5-10-13-12-8(15-16(10)21-15)3-2-4-9(12)17-18(22-17)14(11)13/h2-6,15-18H,1H3/t15-,16+,17+,18-/m1/s1. The molecule has 0 N–H and O–H groups in total. The summed E-state index contributed by atoms with van der Waals surface area (Å²) in [5.74, 6) is 0.321. The number of benzene rings is 2. The van der Waals surface area contributed by atoms with Gasteiger partial charge >= 0.3 is 5.97 Å². The summed E-state index contributed by atoms with van der Waals surface area (Å²) in [5, 5.41) is 0. The molecule has 22 heavy (non-hydrogen) atoms. The Labute approximate surface area is 126 Å². The van der Waals surface area contributed by atoms with Gasteiger partial charge in [-0.1, -0.05) is 24.3 Å². The summed E-state index contributed by atoms with van der Waals surface area (Å²) < 4.78 is 17.2. The molecule has 4 aliphatic rings. The molecule has 2 aliphatic carbocycles. The van der Waals surface area contributed by atoms with Crippen LogP contribution in [-0.4, -0.2) is 5.97 Å². The molecule has 2 saturated heterocycles. The Hall–Kier alpha value is -2.17. The summed E-state index contributed by atoms with van der Waals surface area (Å²) in [6, 6.07) is 10.3. The first kappa shape index (κ1) is 11.4. The smallest absolute Gasteiger partial charge is 0.308 e. The second-order valence-corrected chi connectivity index (χ2v) is 6.30. The number of ether oxygens (including phenoxy) is 3. The lowest BCUT2D eigenvalue weighted by Gasteiger charge is -2.26. The summed E-state index contributed by atoms with van der Waals surface area (Å²) in [7, 11) is 0. The molecule has 2 aliphatic heterocycles. The fourth-order valence-corrected chi connectivity index (χ4v) is 4.17. The van der Waals surface area contributed by atoms with Crippen LogP contribution < -0.4 is 4.74 Å². The molecule has 108 valence electrons. The summed E-state index contributed by atoms with van der Waals surface area (Å²) in [6.45, 7) is 1.43. The van der Waals surface area contributed by atoms with Crippen LogP contribution in [0, 0.1) is 0 Å². The van der Waals surface area contributed by atoms with E-state index in [4.69, 9.17) is 14.2 Å². The lowest BCUT2D eigenvalue weighted by atomic mass is 9.75. The van der Waals surface area contributed by atoms with E-state index in [1.54, 1.807) is 0 Å². The van der Waals surface area contributed by atoms with Crippen LogP contribution >= 0.6 is 0 Å². The van der Waals surface area contributed by atoms with Gasteiger partial charge in [-0.25, -0.2) is 0 Å². The van der Waals surface area contributed by atoms with Gasteiger partial charge in [0, 0.05) is 12.5 Å². The molecular formula is C18H12O4. The van der Waals surface area contributed by atoms with Crippen LogP contribution in [0.25, 0.3) is 11.1 Å². The van der Waals surface area contributed by atoms with Crippen LogP contribution in [0.4, 0.5) is 0 Å². The molecule has 0 saturated carbocycles. The molecule has 0 spiro atoms. The molecule has 4 heteroatoms. The maximum atomic E-state index is 11.4. The van der Waals surface area contributed by atoms with E-state index in [1.807, 2.05) is 12.1 Å². The quantitative estimate of drug-likeness (QED) is 0.458. The maximum absolute atomic E-state index is 11.4. The summed E-state index contributed by atoms with van der Waals surface area (Å²) in [4.78, 5) is 11.4. The summed E-state index contributed by atoms with van der Waals surface area (Å²) in [5.41, 5.74) is 7.10. The van der Waals surface area contributed by atoms with Crippen molar-refractivity contribution in [2.45, 2.75) is 31.3 Å². The van der Waals surface area contributed by atoms with Gasteiger partial charge in [0.2, 0.25) is 0 Å². The Bertz CT molecular complexity index is 871. The van der Waals surface area contributed by atoms with Crippen molar-refractivity contribution in [3.05, 3.63) is 52.6 Å². The Morgan fingerprint density at radius 3 is 2.27 bits per heavy atom. The monoisotopic (exact) mass is 292 g/mol. The number of hydrogen-bond acceptors (Lipinski definition) is 4. The average molecular weight is 292 g/mol. The maximum Gasteiger partial charge on any atom is 0.308 e. The van der Waals surface area contributed by atoms with Gasteiger partial charge < -0.3 is 14.2 Å². The van der Waals surface area contributed by atoms with Crippen LogP contribution in [-0.2, 0) is 14.3 Å². The zero-order valence-electron chi connectivity index (χ0n) is 11.8. The van der Waals surface area contributed by atoms with E-state index in [9.17, 15) is 4.79 Å². The zero-order valence-corrected chi connectivity index (χ0v) is 11.8. The molecule has 0 amide bonds. The van der Waals surface area contributed by atoms with E-state index >= 15 is 0 Å². The van der Waals surface area contributed by atoms with Crippen molar-refractivity contribution in [1.29, 1.82) is 0 Å². The molecular weight excluding hydrogens is 280 g/mol. The van der Waals surface area contributed by atoms with Crippen molar-refractivity contribution in [3.63, 3.8) is 0 Å². The van der Waals surface area contributed by atoms with Crippen LogP contribution in [0.1, 0.15) is 53.6 Å². The topological polar surface area (TPSA) is 51.4 Å². The molecule has 2 aromatic carbocycles. The van der Waals surface area contributed by atoms with Crippen LogP contribution in [0.3, 0.4) is 0 Å². The number of carbonyl (C=O) groups excluding carboxylic acids is 1. The van der Waals surface area contributed by atoms with E-state index < -0.39 is 0 Å². The van der Waals surface area contributed by atoms with Gasteiger partial charge in [-0.3, -0.25) is 4.79 Å². The SMILES string of the molecule is CC(=O)Oc1ccc2c3c1[C@H]1O[C@H]1c1cccc(c1-3)[C@H]1O[C@@H]21. The van der Waals surface area contributed by atoms with Gasteiger partial charge in [0.15, 0.2) is 0 Å². The highest BCUT2D eigenvalue weighted by atomic mass is 16.6. The van der Waals surface area contributed by atoms with Crippen LogP contribution in [0.2, 0.25) is 0 Å². The minimum atomic E-state index is -0.302. The minimum Gasteiger partial charge on any atom is -0.426 e. The second-order valence-electron chi connectivity index (χ2n) is 6.30. The molecule has 0 bridgehead atoms. The highest BCUT2D eigenvalue weighted by Gasteiger charge is 2.56. The molecule has 0 unspecified atom stereocenters. The second kappa shape index (κ2) is 3.42. The molecule has 2 aromatic rings. The first-order chi connectivity index (χ1) is 10.7.